The molecular formula is C18H31N3O3. The number of β-amino-alcohol motifs (C(OH)–C–C–N with tert-alkyl or cyclic N) is 1. The number of amides is 3. The number of piperidine rings is 1. The van der Waals surface area contributed by atoms with E-state index in [-0.39, 0.29) is 18.5 Å². The Morgan fingerprint density at radius 3 is 2.38 bits per heavy atom. The first-order chi connectivity index (χ1) is 11.4. The Bertz CT molecular complexity index is 482. The van der Waals surface area contributed by atoms with Crippen LogP contribution in [0.15, 0.2) is 0 Å². The molecule has 1 atom stereocenters. The number of nitrogens with zero attached hydrogens (tertiary/aromatic N) is 3. The second kappa shape index (κ2) is 7.00. The molecule has 1 saturated carbocycles. The number of aliphatic hydroxyl groups excluding tert-OH is 1. The number of carbonyl (C=O) groups excluding carboxylic acids is 2. The van der Waals surface area contributed by atoms with Crippen molar-refractivity contribution >= 4 is 11.9 Å². The summed E-state index contributed by atoms with van der Waals surface area (Å²) in [5.41, 5.74) is -0.643. The van der Waals surface area contributed by atoms with Gasteiger partial charge in [0.25, 0.3) is 5.91 Å². The molecule has 6 heteroatoms. The summed E-state index contributed by atoms with van der Waals surface area (Å²) in [6.07, 6.45) is 6.26. The third kappa shape index (κ3) is 3.18. The maximum absolute atomic E-state index is 12.9. The number of hydrogen-bond donors (Lipinski definition) is 1. The molecule has 2 saturated heterocycles. The highest BCUT2D eigenvalue weighted by atomic mass is 16.3. The van der Waals surface area contributed by atoms with Gasteiger partial charge in [-0.1, -0.05) is 26.2 Å². The Labute approximate surface area is 144 Å². The normalized spacial score (nSPS) is 27.3. The molecule has 1 aliphatic carbocycles. The highest BCUT2D eigenvalue weighted by Crippen LogP contribution is 2.39. The minimum absolute atomic E-state index is 0.0963. The van der Waals surface area contributed by atoms with Gasteiger partial charge in [0, 0.05) is 13.6 Å². The lowest BCUT2D eigenvalue weighted by Crippen LogP contribution is -2.49. The Kier molecular flexibility index (Phi) is 5.16. The zero-order valence-corrected chi connectivity index (χ0v) is 15.0. The summed E-state index contributed by atoms with van der Waals surface area (Å²) >= 11 is 0. The Hall–Kier alpha value is -1.14. The zero-order valence-electron chi connectivity index (χ0n) is 15.0. The van der Waals surface area contributed by atoms with Gasteiger partial charge in [-0.15, -0.1) is 0 Å². The lowest BCUT2D eigenvalue weighted by Gasteiger charge is -2.36. The standard InChI is InChI=1S/C18H31N3O3/c1-14-6-10-20(11-7-14)12-15(22)13-21-16(23)18(19(2)17(21)24)8-4-3-5-9-18/h14-15,22H,3-13H2,1-2H3. The number of imide groups is 1. The third-order valence-electron chi connectivity index (χ3n) is 6.22. The van der Waals surface area contributed by atoms with Crippen LogP contribution in [0.5, 0.6) is 0 Å². The molecule has 1 N–H and O–H groups in total. The average molecular weight is 337 g/mol. The van der Waals surface area contributed by atoms with Gasteiger partial charge in [0.15, 0.2) is 0 Å². The molecule has 6 nitrogen and oxygen atoms in total. The van der Waals surface area contributed by atoms with E-state index < -0.39 is 11.6 Å². The summed E-state index contributed by atoms with van der Waals surface area (Å²) in [7, 11) is 1.74. The van der Waals surface area contributed by atoms with Gasteiger partial charge in [0.2, 0.25) is 0 Å². The zero-order chi connectivity index (χ0) is 17.3. The number of likely N-dealkylation sites (N-methyl/N-ethyl adjacent to an activating group) is 1. The van der Waals surface area contributed by atoms with Crippen LogP contribution in [0.4, 0.5) is 4.79 Å². The minimum Gasteiger partial charge on any atom is -0.390 e. The molecule has 2 heterocycles. The summed E-state index contributed by atoms with van der Waals surface area (Å²) < 4.78 is 0. The molecular weight excluding hydrogens is 306 g/mol. The number of likely N-dealkylation sites (tertiary alicyclic amines) is 1. The number of urea groups is 1. The van der Waals surface area contributed by atoms with Crippen LogP contribution in [-0.4, -0.2) is 76.6 Å². The summed E-state index contributed by atoms with van der Waals surface area (Å²) in [5, 5.41) is 10.4. The topological polar surface area (TPSA) is 64.1 Å². The maximum atomic E-state index is 12.9. The number of rotatable bonds is 4. The molecule has 3 fully saturated rings. The van der Waals surface area contributed by atoms with Gasteiger partial charge in [-0.3, -0.25) is 9.69 Å². The molecule has 0 bridgehead atoms. The first-order valence-electron chi connectivity index (χ1n) is 9.44. The predicted octanol–water partition coefficient (Wildman–Crippen LogP) is 1.68. The lowest BCUT2D eigenvalue weighted by molar-refractivity contribution is -0.135. The van der Waals surface area contributed by atoms with E-state index in [0.717, 1.165) is 64.0 Å². The van der Waals surface area contributed by atoms with Crippen molar-refractivity contribution in [3.63, 3.8) is 0 Å². The predicted molar refractivity (Wildman–Crippen MR) is 91.5 cm³/mol. The van der Waals surface area contributed by atoms with Crippen molar-refractivity contribution in [3.8, 4) is 0 Å². The van der Waals surface area contributed by atoms with Crippen molar-refractivity contribution in [3.05, 3.63) is 0 Å². The van der Waals surface area contributed by atoms with E-state index in [0.29, 0.717) is 6.54 Å². The molecule has 3 aliphatic rings. The first kappa shape index (κ1) is 17.7. The molecule has 0 aromatic rings. The molecule has 2 aliphatic heterocycles. The van der Waals surface area contributed by atoms with Crippen LogP contribution in [0.1, 0.15) is 51.9 Å². The second-order valence-corrected chi connectivity index (χ2v) is 7.99. The maximum Gasteiger partial charge on any atom is 0.327 e. The van der Waals surface area contributed by atoms with Crippen LogP contribution in [0.25, 0.3) is 0 Å². The van der Waals surface area contributed by atoms with Crippen LogP contribution in [0.2, 0.25) is 0 Å². The lowest BCUT2D eigenvalue weighted by atomic mass is 9.81. The SMILES string of the molecule is CC1CCN(CC(O)CN2C(=O)N(C)C3(CCCCC3)C2=O)CC1. The second-order valence-electron chi connectivity index (χ2n) is 7.99. The molecule has 1 spiro atoms. The fourth-order valence-electron chi connectivity index (χ4n) is 4.50. The molecule has 0 radical (unpaired) electrons. The van der Waals surface area contributed by atoms with Gasteiger partial charge in [-0.2, -0.15) is 0 Å². The van der Waals surface area contributed by atoms with Gasteiger partial charge >= 0.3 is 6.03 Å². The van der Waals surface area contributed by atoms with Crippen molar-refractivity contribution in [2.75, 3.05) is 33.2 Å². The van der Waals surface area contributed by atoms with Crippen molar-refractivity contribution in [2.45, 2.75) is 63.5 Å². The Balaban J connectivity index is 1.60. The van der Waals surface area contributed by atoms with Crippen molar-refractivity contribution < 1.29 is 14.7 Å². The quantitative estimate of drug-likeness (QED) is 0.793. The summed E-state index contributed by atoms with van der Waals surface area (Å²) in [4.78, 5) is 30.6. The molecule has 136 valence electrons. The number of hydrogen-bond acceptors (Lipinski definition) is 4. The fraction of sp³-hybridized carbons (Fsp3) is 0.889. The van der Waals surface area contributed by atoms with E-state index in [1.165, 1.54) is 4.90 Å². The van der Waals surface area contributed by atoms with Gasteiger partial charge in [0.1, 0.15) is 5.54 Å². The molecule has 0 aromatic heterocycles. The fourth-order valence-corrected chi connectivity index (χ4v) is 4.50. The monoisotopic (exact) mass is 337 g/mol. The van der Waals surface area contributed by atoms with Gasteiger partial charge < -0.3 is 14.9 Å². The van der Waals surface area contributed by atoms with E-state index in [1.807, 2.05) is 0 Å². The van der Waals surface area contributed by atoms with Gasteiger partial charge in [-0.25, -0.2) is 4.79 Å². The molecule has 1 unspecified atom stereocenters. The summed E-state index contributed by atoms with van der Waals surface area (Å²) in [6, 6.07) is -0.242. The van der Waals surface area contributed by atoms with E-state index in [9.17, 15) is 14.7 Å². The first-order valence-corrected chi connectivity index (χ1v) is 9.44. The van der Waals surface area contributed by atoms with E-state index in [4.69, 9.17) is 0 Å². The van der Waals surface area contributed by atoms with E-state index in [2.05, 4.69) is 11.8 Å². The van der Waals surface area contributed by atoms with Crippen LogP contribution in [0.3, 0.4) is 0 Å². The minimum atomic E-state index is -0.668. The summed E-state index contributed by atoms with van der Waals surface area (Å²) in [6.45, 7) is 4.90. The summed E-state index contributed by atoms with van der Waals surface area (Å²) in [5.74, 6) is 0.654. The largest absolute Gasteiger partial charge is 0.390 e. The molecule has 3 rings (SSSR count). The van der Waals surface area contributed by atoms with Crippen LogP contribution in [-0.2, 0) is 4.79 Å². The number of aliphatic hydroxyl groups is 1. The molecule has 3 amide bonds. The third-order valence-corrected chi connectivity index (χ3v) is 6.22. The average Bonchev–Trinajstić information content (AvgIpc) is 2.74. The smallest absolute Gasteiger partial charge is 0.327 e. The van der Waals surface area contributed by atoms with Gasteiger partial charge in [0.05, 0.1) is 12.6 Å². The van der Waals surface area contributed by atoms with Crippen LogP contribution < -0.4 is 0 Å². The van der Waals surface area contributed by atoms with Crippen molar-refractivity contribution in [2.24, 2.45) is 5.92 Å². The van der Waals surface area contributed by atoms with E-state index in [1.54, 1.807) is 11.9 Å². The van der Waals surface area contributed by atoms with Crippen LogP contribution >= 0.6 is 0 Å². The molecule has 24 heavy (non-hydrogen) atoms. The van der Waals surface area contributed by atoms with Crippen LogP contribution in [0, 0.1) is 5.92 Å². The highest BCUT2D eigenvalue weighted by Gasteiger charge is 2.55. The Morgan fingerprint density at radius 2 is 1.75 bits per heavy atom. The highest BCUT2D eigenvalue weighted by molar-refractivity contribution is 6.07. The van der Waals surface area contributed by atoms with Crippen molar-refractivity contribution in [1.29, 1.82) is 0 Å². The Morgan fingerprint density at radius 1 is 1.12 bits per heavy atom. The van der Waals surface area contributed by atoms with Gasteiger partial charge in [-0.05, 0) is 44.7 Å². The van der Waals surface area contributed by atoms with E-state index >= 15 is 0 Å². The van der Waals surface area contributed by atoms with Crippen molar-refractivity contribution in [1.82, 2.24) is 14.7 Å². The molecule has 0 aromatic carbocycles. The number of carbonyl (C=O) groups is 2.